The Hall–Kier alpha value is -4.22. The summed E-state index contributed by atoms with van der Waals surface area (Å²) in [7, 11) is 3.00. The van der Waals surface area contributed by atoms with Crippen LogP contribution in [0.5, 0.6) is 5.75 Å². The van der Waals surface area contributed by atoms with Crippen LogP contribution >= 0.6 is 0 Å². The molecule has 36 heavy (non-hydrogen) atoms. The lowest BCUT2D eigenvalue weighted by molar-refractivity contribution is -0.140. The molecule has 1 amide bonds. The Morgan fingerprint density at radius 3 is 2.64 bits per heavy atom. The number of hydrogen-bond acceptors (Lipinski definition) is 5. The van der Waals surface area contributed by atoms with Gasteiger partial charge in [-0.25, -0.2) is 14.1 Å². The van der Waals surface area contributed by atoms with Gasteiger partial charge in [-0.2, -0.15) is 13.2 Å². The van der Waals surface area contributed by atoms with E-state index < -0.39 is 17.9 Å². The summed E-state index contributed by atoms with van der Waals surface area (Å²) in [6, 6.07) is 8.81. The summed E-state index contributed by atoms with van der Waals surface area (Å²) in [5.41, 5.74) is 1.36. The Bertz CT molecular complexity index is 1440. The van der Waals surface area contributed by atoms with Crippen molar-refractivity contribution in [1.29, 1.82) is 0 Å². The number of halogens is 4. The van der Waals surface area contributed by atoms with Gasteiger partial charge in [0.1, 0.15) is 23.3 Å². The summed E-state index contributed by atoms with van der Waals surface area (Å²) in [6.07, 6.45) is -0.326. The van der Waals surface area contributed by atoms with Gasteiger partial charge in [0.15, 0.2) is 5.69 Å². The second kappa shape index (κ2) is 8.77. The summed E-state index contributed by atoms with van der Waals surface area (Å²) in [6.45, 7) is 0. The average Bonchev–Trinajstić information content (AvgIpc) is 3.52. The van der Waals surface area contributed by atoms with E-state index in [0.717, 1.165) is 12.5 Å². The zero-order chi connectivity index (χ0) is 25.6. The number of alkyl halides is 3. The van der Waals surface area contributed by atoms with Crippen molar-refractivity contribution in [2.24, 2.45) is 0 Å². The topological polar surface area (TPSA) is 78.1 Å². The molecule has 12 heteroatoms. The molecular weight excluding hydrogens is 480 g/mol. The highest BCUT2D eigenvalue weighted by molar-refractivity contribution is 5.97. The Morgan fingerprint density at radius 1 is 1.11 bits per heavy atom. The molecule has 2 aromatic carbocycles. The van der Waals surface area contributed by atoms with Crippen LogP contribution in [0.4, 0.5) is 23.2 Å². The van der Waals surface area contributed by atoms with Crippen LogP contribution in [-0.2, 0) is 17.4 Å². The largest absolute Gasteiger partial charge is 0.495 e. The van der Waals surface area contributed by atoms with Gasteiger partial charge in [-0.1, -0.05) is 17.3 Å². The van der Waals surface area contributed by atoms with Crippen molar-refractivity contribution >= 4 is 11.6 Å². The molecule has 2 aromatic heterocycles. The lowest BCUT2D eigenvalue weighted by atomic mass is 10.1. The molecule has 4 aromatic rings. The van der Waals surface area contributed by atoms with Crippen molar-refractivity contribution in [3.8, 4) is 22.7 Å². The van der Waals surface area contributed by atoms with Gasteiger partial charge in [-0.05, 0) is 37.1 Å². The molecule has 0 bridgehead atoms. The van der Waals surface area contributed by atoms with Gasteiger partial charge in [0.05, 0.1) is 25.3 Å². The number of aromatic nitrogens is 5. The molecule has 0 spiro atoms. The molecule has 1 unspecified atom stereocenters. The van der Waals surface area contributed by atoms with Crippen molar-refractivity contribution in [2.45, 2.75) is 25.1 Å². The normalized spacial score (nSPS) is 16.1. The van der Waals surface area contributed by atoms with Crippen LogP contribution in [0, 0.1) is 5.82 Å². The Balaban J connectivity index is 1.43. The second-order valence-electron chi connectivity index (χ2n) is 8.32. The van der Waals surface area contributed by atoms with Gasteiger partial charge >= 0.3 is 6.18 Å². The Morgan fingerprint density at radius 2 is 1.92 bits per heavy atom. The van der Waals surface area contributed by atoms with Crippen LogP contribution in [0.2, 0.25) is 0 Å². The van der Waals surface area contributed by atoms with Crippen LogP contribution in [0.15, 0.2) is 55.1 Å². The van der Waals surface area contributed by atoms with E-state index in [1.54, 1.807) is 43.6 Å². The van der Waals surface area contributed by atoms with Gasteiger partial charge in [-0.15, -0.1) is 5.10 Å². The highest BCUT2D eigenvalue weighted by Crippen LogP contribution is 2.34. The van der Waals surface area contributed by atoms with Gasteiger partial charge < -0.3 is 14.2 Å². The van der Waals surface area contributed by atoms with E-state index in [1.807, 2.05) is 0 Å². The molecule has 1 aliphatic rings. The number of anilines is 1. The predicted molar refractivity (Wildman–Crippen MR) is 121 cm³/mol. The monoisotopic (exact) mass is 500 g/mol. The number of ether oxygens (including phenoxy) is 1. The van der Waals surface area contributed by atoms with Crippen LogP contribution < -0.4 is 9.64 Å². The molecule has 0 saturated heterocycles. The summed E-state index contributed by atoms with van der Waals surface area (Å²) in [5.74, 6) is -0.312. The van der Waals surface area contributed by atoms with Gasteiger partial charge in [0, 0.05) is 30.1 Å². The maximum atomic E-state index is 14.3. The second-order valence-corrected chi connectivity index (χ2v) is 8.32. The first-order chi connectivity index (χ1) is 17.2. The number of amides is 1. The Kier molecular flexibility index (Phi) is 5.73. The number of likely N-dealkylation sites (N-methyl/N-ethyl adjacent to an activating group) is 1. The molecule has 0 radical (unpaired) electrons. The molecule has 3 heterocycles. The van der Waals surface area contributed by atoms with E-state index in [-0.39, 0.29) is 11.7 Å². The van der Waals surface area contributed by atoms with Gasteiger partial charge in [-0.3, -0.25) is 4.79 Å². The summed E-state index contributed by atoms with van der Waals surface area (Å²) in [4.78, 5) is 18.0. The fourth-order valence-electron chi connectivity index (χ4n) is 4.31. The molecule has 1 atom stereocenters. The van der Waals surface area contributed by atoms with Crippen molar-refractivity contribution in [2.75, 3.05) is 19.1 Å². The van der Waals surface area contributed by atoms with E-state index >= 15 is 0 Å². The standard InChI is InChI=1S/C24H20F4N6O2/c1-32-18-5-3-4-16(25)15(18)7-9-20(23(32)35)34-11-17(30-31-34)14-6-8-19(21(10-14)36-2)33-12-22(29-13-33)24(26,27)28/h3-6,8,10-13,20H,7,9H2,1-2H3. The minimum absolute atomic E-state index is 0.246. The maximum Gasteiger partial charge on any atom is 0.434 e. The molecule has 0 fully saturated rings. The minimum Gasteiger partial charge on any atom is -0.495 e. The molecule has 0 saturated carbocycles. The maximum absolute atomic E-state index is 14.3. The summed E-state index contributed by atoms with van der Waals surface area (Å²) >= 11 is 0. The molecule has 5 rings (SSSR count). The third-order valence-corrected chi connectivity index (χ3v) is 6.20. The van der Waals surface area contributed by atoms with E-state index in [1.165, 1.54) is 27.3 Å². The SMILES string of the molecule is COc1cc(-c2cn(C3CCc4c(F)cccc4N(C)C3=O)nn2)ccc1-n1cnc(C(F)(F)F)c1. The highest BCUT2D eigenvalue weighted by Gasteiger charge is 2.34. The fraction of sp³-hybridized carbons (Fsp3) is 0.250. The third-order valence-electron chi connectivity index (χ3n) is 6.20. The van der Waals surface area contributed by atoms with Crippen molar-refractivity contribution in [3.05, 3.63) is 72.2 Å². The third kappa shape index (κ3) is 4.08. The molecule has 0 aliphatic carbocycles. The molecule has 0 N–H and O–H groups in total. The summed E-state index contributed by atoms with van der Waals surface area (Å²) in [5, 5.41) is 8.32. The summed E-state index contributed by atoms with van der Waals surface area (Å²) < 4.78 is 61.2. The minimum atomic E-state index is -4.56. The van der Waals surface area contributed by atoms with Crippen molar-refractivity contribution in [3.63, 3.8) is 0 Å². The smallest absolute Gasteiger partial charge is 0.434 e. The van der Waals surface area contributed by atoms with E-state index in [0.29, 0.717) is 46.8 Å². The first kappa shape index (κ1) is 23.5. The predicted octanol–water partition coefficient (Wildman–Crippen LogP) is 4.45. The number of benzene rings is 2. The first-order valence-electron chi connectivity index (χ1n) is 10.9. The fourth-order valence-corrected chi connectivity index (χ4v) is 4.31. The van der Waals surface area contributed by atoms with E-state index in [9.17, 15) is 22.4 Å². The quantitative estimate of drug-likeness (QED) is 0.387. The Labute approximate surface area is 202 Å². The first-order valence-corrected chi connectivity index (χ1v) is 10.9. The highest BCUT2D eigenvalue weighted by atomic mass is 19.4. The molecular formula is C24H20F4N6O2. The van der Waals surface area contributed by atoms with Crippen molar-refractivity contribution in [1.82, 2.24) is 24.5 Å². The number of carbonyl (C=O) groups is 1. The van der Waals surface area contributed by atoms with Gasteiger partial charge in [0.25, 0.3) is 5.91 Å². The number of carbonyl (C=O) groups excluding carboxylic acids is 1. The molecule has 8 nitrogen and oxygen atoms in total. The average molecular weight is 500 g/mol. The van der Waals surface area contributed by atoms with Crippen LogP contribution in [0.1, 0.15) is 23.7 Å². The number of imidazole rings is 1. The number of fused-ring (bicyclic) bond motifs is 1. The van der Waals surface area contributed by atoms with E-state index in [2.05, 4.69) is 15.3 Å². The van der Waals surface area contributed by atoms with Gasteiger partial charge in [0.2, 0.25) is 0 Å². The zero-order valence-electron chi connectivity index (χ0n) is 19.2. The van der Waals surface area contributed by atoms with E-state index in [4.69, 9.17) is 4.74 Å². The van der Waals surface area contributed by atoms with Crippen LogP contribution in [0.25, 0.3) is 16.9 Å². The molecule has 1 aliphatic heterocycles. The van der Waals surface area contributed by atoms with Crippen LogP contribution in [-0.4, -0.2) is 44.6 Å². The number of nitrogens with zero attached hydrogens (tertiary/aromatic N) is 6. The van der Waals surface area contributed by atoms with Crippen LogP contribution in [0.3, 0.4) is 0 Å². The number of methoxy groups -OCH3 is 1. The number of hydrogen-bond donors (Lipinski definition) is 0. The van der Waals surface area contributed by atoms with Crippen molar-refractivity contribution < 1.29 is 27.1 Å². The molecule has 186 valence electrons. The lowest BCUT2D eigenvalue weighted by Crippen LogP contribution is -2.33. The zero-order valence-corrected chi connectivity index (χ0v) is 19.2. The number of rotatable bonds is 4. The lowest BCUT2D eigenvalue weighted by Gasteiger charge is -2.21.